The highest BCUT2D eigenvalue weighted by molar-refractivity contribution is 5.73. The van der Waals surface area contributed by atoms with Crippen molar-refractivity contribution in [1.82, 2.24) is 0 Å². The first kappa shape index (κ1) is 35.3. The number of aliphatic hydroxyl groups is 4. The third kappa shape index (κ3) is 11.7. The summed E-state index contributed by atoms with van der Waals surface area (Å²) >= 11 is 0. The molecule has 0 saturated heterocycles. The van der Waals surface area contributed by atoms with Crippen LogP contribution in [0.4, 0.5) is 13.2 Å². The summed E-state index contributed by atoms with van der Waals surface area (Å²) < 4.78 is 55.1. The van der Waals surface area contributed by atoms with Crippen LogP contribution in [0.1, 0.15) is 51.5 Å². The molecule has 1 aliphatic carbocycles. The zero-order valence-corrected chi connectivity index (χ0v) is 23.8. The Bertz CT molecular complexity index is 1040. The number of ether oxygens (including phenoxy) is 3. The summed E-state index contributed by atoms with van der Waals surface area (Å²) in [5.74, 6) is -3.45. The second-order valence-corrected chi connectivity index (χ2v) is 10.5. The van der Waals surface area contributed by atoms with Gasteiger partial charge in [0.05, 0.1) is 37.1 Å². The first-order chi connectivity index (χ1) is 19.8. The van der Waals surface area contributed by atoms with Gasteiger partial charge in [-0.15, -0.1) is 0 Å². The summed E-state index contributed by atoms with van der Waals surface area (Å²) in [5.41, 5.74) is -0.917. The molecule has 0 aromatic heterocycles. The van der Waals surface area contributed by atoms with Crippen molar-refractivity contribution in [1.29, 1.82) is 0 Å². The van der Waals surface area contributed by atoms with E-state index in [2.05, 4.69) is 0 Å². The second kappa shape index (κ2) is 17.3. The van der Waals surface area contributed by atoms with Crippen LogP contribution >= 0.6 is 0 Å². The van der Waals surface area contributed by atoms with E-state index in [1.165, 1.54) is 18.2 Å². The number of benzene rings is 1. The lowest BCUT2D eigenvalue weighted by molar-refractivity contribution is -0.156. The Morgan fingerprint density at radius 1 is 1.07 bits per heavy atom. The number of alkyl halides is 3. The summed E-state index contributed by atoms with van der Waals surface area (Å²) in [4.78, 5) is 24.0. The van der Waals surface area contributed by atoms with Crippen molar-refractivity contribution in [3.8, 4) is 5.75 Å². The van der Waals surface area contributed by atoms with Crippen LogP contribution in [0.2, 0.25) is 0 Å². The van der Waals surface area contributed by atoms with Gasteiger partial charge < -0.3 is 34.6 Å². The monoisotopic (exact) mass is 602 g/mol. The number of carbonyl (C=O) groups excluding carboxylic acids is 2. The Kier molecular flexibility index (Phi) is 14.5. The van der Waals surface area contributed by atoms with Crippen molar-refractivity contribution in [3.63, 3.8) is 0 Å². The van der Waals surface area contributed by atoms with Crippen molar-refractivity contribution < 1.29 is 57.4 Å². The van der Waals surface area contributed by atoms with Gasteiger partial charge in [-0.3, -0.25) is 9.59 Å². The lowest BCUT2D eigenvalue weighted by atomic mass is 9.89. The highest BCUT2D eigenvalue weighted by Crippen LogP contribution is 2.36. The quantitative estimate of drug-likeness (QED) is 0.127. The van der Waals surface area contributed by atoms with E-state index in [-0.39, 0.29) is 43.2 Å². The summed E-state index contributed by atoms with van der Waals surface area (Å²) in [6.07, 6.45) is 1.19. The number of aliphatic hydroxyl groups excluding tert-OH is 4. The highest BCUT2D eigenvalue weighted by atomic mass is 19.4. The van der Waals surface area contributed by atoms with Crippen LogP contribution in [0.3, 0.4) is 0 Å². The van der Waals surface area contributed by atoms with E-state index in [1.54, 1.807) is 19.9 Å². The molecule has 42 heavy (non-hydrogen) atoms. The maximum atomic E-state index is 13.1. The topological polar surface area (TPSA) is 143 Å². The largest absolute Gasteiger partial charge is 0.489 e. The molecule has 1 aliphatic rings. The van der Waals surface area contributed by atoms with Gasteiger partial charge >= 0.3 is 18.1 Å². The molecule has 236 valence electrons. The Morgan fingerprint density at radius 2 is 1.79 bits per heavy atom. The van der Waals surface area contributed by atoms with E-state index >= 15 is 0 Å². The smallest absolute Gasteiger partial charge is 0.416 e. The SMILES string of the molecule is CC(C)OC(=O)CCCC=CC[C@@H]1[C@H](C=C[C@H](COc2cccc(C(F)(F)F)c2)OC(=O)C(CO)CO)[C@H](O)C[C@H]1O. The van der Waals surface area contributed by atoms with Crippen LogP contribution in [-0.4, -0.2) is 76.6 Å². The molecule has 1 aromatic rings. The fourth-order valence-electron chi connectivity index (χ4n) is 4.54. The number of rotatable bonds is 16. The van der Waals surface area contributed by atoms with Gasteiger partial charge in [0.1, 0.15) is 18.3 Å². The van der Waals surface area contributed by atoms with Gasteiger partial charge in [0.25, 0.3) is 0 Å². The van der Waals surface area contributed by atoms with Gasteiger partial charge in [-0.25, -0.2) is 0 Å². The molecular formula is C30H41F3O9. The summed E-state index contributed by atoms with van der Waals surface area (Å²) in [6.45, 7) is 1.81. The first-order valence-electron chi connectivity index (χ1n) is 14.0. The Morgan fingerprint density at radius 3 is 2.43 bits per heavy atom. The van der Waals surface area contributed by atoms with Crippen LogP contribution in [0.25, 0.3) is 0 Å². The molecule has 0 unspecified atom stereocenters. The predicted octanol–water partition coefficient (Wildman–Crippen LogP) is 3.58. The molecule has 1 fully saturated rings. The number of carbonyl (C=O) groups is 2. The summed E-state index contributed by atoms with van der Waals surface area (Å²) in [6, 6.07) is 4.18. The average Bonchev–Trinajstić information content (AvgIpc) is 3.19. The Labute approximate surface area is 243 Å². The van der Waals surface area contributed by atoms with Crippen LogP contribution in [-0.2, 0) is 25.2 Å². The molecule has 0 heterocycles. The molecule has 5 atom stereocenters. The molecule has 12 heteroatoms. The average molecular weight is 603 g/mol. The number of unbranched alkanes of at least 4 members (excludes halogenated alkanes) is 1. The van der Waals surface area contributed by atoms with Crippen molar-refractivity contribution in [2.75, 3.05) is 19.8 Å². The Hall–Kier alpha value is -2.93. The van der Waals surface area contributed by atoms with Crippen LogP contribution in [0.5, 0.6) is 5.75 Å². The number of hydrogen-bond donors (Lipinski definition) is 4. The molecule has 1 aromatic carbocycles. The van der Waals surface area contributed by atoms with E-state index in [4.69, 9.17) is 14.2 Å². The van der Waals surface area contributed by atoms with Gasteiger partial charge in [-0.2, -0.15) is 13.2 Å². The molecule has 4 N–H and O–H groups in total. The first-order valence-corrected chi connectivity index (χ1v) is 14.0. The second-order valence-electron chi connectivity index (χ2n) is 10.5. The minimum Gasteiger partial charge on any atom is -0.489 e. The summed E-state index contributed by atoms with van der Waals surface area (Å²) in [5, 5.41) is 39.7. The van der Waals surface area contributed by atoms with Crippen LogP contribution in [0, 0.1) is 17.8 Å². The van der Waals surface area contributed by atoms with Gasteiger partial charge in [0.2, 0.25) is 0 Å². The maximum absolute atomic E-state index is 13.1. The molecule has 0 amide bonds. The predicted molar refractivity (Wildman–Crippen MR) is 146 cm³/mol. The normalized spacial score (nSPS) is 21.9. The molecule has 0 radical (unpaired) electrons. The van der Waals surface area contributed by atoms with E-state index in [9.17, 15) is 43.2 Å². The number of hydrogen-bond acceptors (Lipinski definition) is 9. The van der Waals surface area contributed by atoms with E-state index in [1.807, 2.05) is 12.2 Å². The van der Waals surface area contributed by atoms with Crippen molar-refractivity contribution in [3.05, 3.63) is 54.1 Å². The Balaban J connectivity index is 2.08. The molecule has 9 nitrogen and oxygen atoms in total. The van der Waals surface area contributed by atoms with Gasteiger partial charge in [-0.05, 0) is 63.3 Å². The lowest BCUT2D eigenvalue weighted by Crippen LogP contribution is -2.31. The molecule has 2 rings (SSSR count). The fraction of sp³-hybridized carbons (Fsp3) is 0.600. The van der Waals surface area contributed by atoms with Crippen molar-refractivity contribution in [2.45, 2.75) is 76.5 Å². The van der Waals surface area contributed by atoms with Gasteiger partial charge in [-0.1, -0.05) is 24.3 Å². The standard InChI is InChI=1S/C30H41F3O9/c1-19(2)41-28(38)11-6-4-3-5-10-24-25(27(37)15-26(24)36)13-12-23(42-29(39)20(16-34)17-35)18-40-22-9-7-8-21(14-22)30(31,32)33/h3,5,7-9,12-14,19-20,23-27,34-37H,4,6,10-11,15-18H2,1-2H3/t23-,24-,25+,26-,27-/m1/s1. The van der Waals surface area contributed by atoms with Crippen molar-refractivity contribution in [2.24, 2.45) is 17.8 Å². The maximum Gasteiger partial charge on any atom is 0.416 e. The highest BCUT2D eigenvalue weighted by Gasteiger charge is 2.39. The van der Waals surface area contributed by atoms with Crippen LogP contribution < -0.4 is 4.74 Å². The molecule has 0 aliphatic heterocycles. The molecular weight excluding hydrogens is 561 g/mol. The number of halogens is 3. The lowest BCUT2D eigenvalue weighted by Gasteiger charge is -2.22. The van der Waals surface area contributed by atoms with E-state index in [0.29, 0.717) is 19.3 Å². The molecule has 1 saturated carbocycles. The summed E-state index contributed by atoms with van der Waals surface area (Å²) in [7, 11) is 0. The fourth-order valence-corrected chi connectivity index (χ4v) is 4.54. The van der Waals surface area contributed by atoms with E-state index in [0.717, 1.165) is 12.1 Å². The minimum atomic E-state index is -4.58. The zero-order chi connectivity index (χ0) is 31.3. The van der Waals surface area contributed by atoms with Gasteiger partial charge in [0.15, 0.2) is 6.10 Å². The zero-order valence-electron chi connectivity index (χ0n) is 23.8. The third-order valence-electron chi connectivity index (χ3n) is 6.77. The minimum absolute atomic E-state index is 0.114. The number of esters is 2. The van der Waals surface area contributed by atoms with Gasteiger partial charge in [0, 0.05) is 18.8 Å². The van der Waals surface area contributed by atoms with E-state index < -0.39 is 61.1 Å². The third-order valence-corrected chi connectivity index (χ3v) is 6.77. The number of allylic oxidation sites excluding steroid dienone is 2. The van der Waals surface area contributed by atoms with Crippen molar-refractivity contribution >= 4 is 11.9 Å². The van der Waals surface area contributed by atoms with Crippen LogP contribution in [0.15, 0.2) is 48.6 Å². The molecule has 0 bridgehead atoms. The molecule has 0 spiro atoms.